The smallest absolute Gasteiger partial charge is 0.159 e. The third kappa shape index (κ3) is 2.00. The average molecular weight is 216 g/mol. The van der Waals surface area contributed by atoms with Crippen molar-refractivity contribution in [2.75, 3.05) is 0 Å². The van der Waals surface area contributed by atoms with E-state index in [1.54, 1.807) is 18.3 Å². The minimum atomic E-state index is 0.115. The van der Waals surface area contributed by atoms with E-state index in [0.717, 1.165) is 5.56 Å². The van der Waals surface area contributed by atoms with Crippen LogP contribution >= 0.6 is 11.3 Å². The van der Waals surface area contributed by atoms with Crippen LogP contribution in [0.3, 0.4) is 0 Å². The number of hydrogen-bond acceptors (Lipinski definition) is 2. The van der Waals surface area contributed by atoms with Crippen molar-refractivity contribution in [2.45, 2.75) is 13.8 Å². The topological polar surface area (TPSA) is 17.1 Å². The normalized spacial score (nSPS) is 10.3. The van der Waals surface area contributed by atoms with Gasteiger partial charge in [0, 0.05) is 10.4 Å². The van der Waals surface area contributed by atoms with Gasteiger partial charge in [0.1, 0.15) is 0 Å². The zero-order chi connectivity index (χ0) is 10.8. The van der Waals surface area contributed by atoms with Crippen LogP contribution in [0.5, 0.6) is 0 Å². The predicted octanol–water partition coefficient (Wildman–Crippen LogP) is 3.93. The van der Waals surface area contributed by atoms with Gasteiger partial charge in [-0.3, -0.25) is 4.79 Å². The second-order valence-corrected chi connectivity index (χ2v) is 4.48. The molecule has 2 heteroatoms. The molecule has 76 valence electrons. The van der Waals surface area contributed by atoms with Gasteiger partial charge in [-0.25, -0.2) is 0 Å². The molecule has 1 heterocycles. The number of Topliss-reactive ketones (excluding diaryl/α,β-unsaturated/α-hetero) is 1. The summed E-state index contributed by atoms with van der Waals surface area (Å²) in [6.07, 6.45) is 0. The largest absolute Gasteiger partial charge is 0.295 e. The van der Waals surface area contributed by atoms with E-state index in [1.807, 2.05) is 24.3 Å². The van der Waals surface area contributed by atoms with E-state index >= 15 is 0 Å². The van der Waals surface area contributed by atoms with Gasteiger partial charge >= 0.3 is 0 Å². The SMILES string of the molecule is CC(=O)c1ccc(-c2sccc2C)cc1. The van der Waals surface area contributed by atoms with Crippen LogP contribution in [0, 0.1) is 6.92 Å². The van der Waals surface area contributed by atoms with E-state index in [4.69, 9.17) is 0 Å². The number of carbonyl (C=O) groups is 1. The molecule has 0 radical (unpaired) electrons. The molecule has 0 spiro atoms. The highest BCUT2D eigenvalue weighted by Gasteiger charge is 2.04. The summed E-state index contributed by atoms with van der Waals surface area (Å²) in [5.41, 5.74) is 3.25. The molecular weight excluding hydrogens is 204 g/mol. The molecule has 0 saturated carbocycles. The summed E-state index contributed by atoms with van der Waals surface area (Å²) in [6, 6.07) is 9.90. The van der Waals surface area contributed by atoms with E-state index in [9.17, 15) is 4.79 Å². The van der Waals surface area contributed by atoms with Gasteiger partial charge in [0.15, 0.2) is 5.78 Å². The molecule has 1 aromatic heterocycles. The average Bonchev–Trinajstić information content (AvgIpc) is 2.65. The summed E-state index contributed by atoms with van der Waals surface area (Å²) in [6.45, 7) is 3.69. The van der Waals surface area contributed by atoms with Crippen molar-refractivity contribution in [3.8, 4) is 10.4 Å². The van der Waals surface area contributed by atoms with Crippen LogP contribution in [0.1, 0.15) is 22.8 Å². The number of benzene rings is 1. The van der Waals surface area contributed by atoms with Crippen LogP contribution in [0.15, 0.2) is 35.7 Å². The summed E-state index contributed by atoms with van der Waals surface area (Å²) in [5.74, 6) is 0.115. The molecule has 15 heavy (non-hydrogen) atoms. The molecule has 0 aliphatic heterocycles. The first kappa shape index (κ1) is 10.1. The van der Waals surface area contributed by atoms with Crippen molar-refractivity contribution >= 4 is 17.1 Å². The molecule has 1 nitrogen and oxygen atoms in total. The lowest BCUT2D eigenvalue weighted by atomic mass is 10.1. The highest BCUT2D eigenvalue weighted by atomic mass is 32.1. The molecule has 0 atom stereocenters. The molecule has 1 aromatic carbocycles. The lowest BCUT2D eigenvalue weighted by Gasteiger charge is -2.01. The van der Waals surface area contributed by atoms with Crippen LogP contribution in [0.25, 0.3) is 10.4 Å². The Hall–Kier alpha value is -1.41. The lowest BCUT2D eigenvalue weighted by molar-refractivity contribution is 0.101. The highest BCUT2D eigenvalue weighted by molar-refractivity contribution is 7.13. The second-order valence-electron chi connectivity index (χ2n) is 3.57. The van der Waals surface area contributed by atoms with E-state index in [1.165, 1.54) is 16.0 Å². The lowest BCUT2D eigenvalue weighted by Crippen LogP contribution is -1.90. The molecule has 0 aliphatic carbocycles. The first-order valence-electron chi connectivity index (χ1n) is 4.84. The molecule has 2 aromatic rings. The molecule has 0 saturated heterocycles. The van der Waals surface area contributed by atoms with E-state index < -0.39 is 0 Å². The maximum atomic E-state index is 11.1. The zero-order valence-corrected chi connectivity index (χ0v) is 9.60. The van der Waals surface area contributed by atoms with Gasteiger partial charge in [0.05, 0.1) is 0 Å². The minimum Gasteiger partial charge on any atom is -0.295 e. The molecule has 0 bridgehead atoms. The highest BCUT2D eigenvalue weighted by Crippen LogP contribution is 2.28. The monoisotopic (exact) mass is 216 g/mol. The second kappa shape index (κ2) is 3.99. The summed E-state index contributed by atoms with van der Waals surface area (Å²) < 4.78 is 0. The predicted molar refractivity (Wildman–Crippen MR) is 64.5 cm³/mol. The van der Waals surface area contributed by atoms with Crippen molar-refractivity contribution in [1.82, 2.24) is 0 Å². The number of rotatable bonds is 2. The Morgan fingerprint density at radius 3 is 2.27 bits per heavy atom. The Bertz CT molecular complexity index is 479. The standard InChI is InChI=1S/C13H12OS/c1-9-7-8-15-13(9)12-5-3-11(4-6-12)10(2)14/h3-8H,1-2H3. The van der Waals surface area contributed by atoms with Crippen molar-refractivity contribution in [3.05, 3.63) is 46.8 Å². The quantitative estimate of drug-likeness (QED) is 0.695. The first-order valence-corrected chi connectivity index (χ1v) is 5.72. The molecule has 0 unspecified atom stereocenters. The molecule has 0 N–H and O–H groups in total. The van der Waals surface area contributed by atoms with Crippen LogP contribution < -0.4 is 0 Å². The zero-order valence-electron chi connectivity index (χ0n) is 8.78. The van der Waals surface area contributed by atoms with E-state index in [2.05, 4.69) is 18.4 Å². The fraction of sp³-hybridized carbons (Fsp3) is 0.154. The maximum absolute atomic E-state index is 11.1. The maximum Gasteiger partial charge on any atom is 0.159 e. The first-order chi connectivity index (χ1) is 7.18. The Morgan fingerprint density at radius 1 is 1.13 bits per heavy atom. The van der Waals surface area contributed by atoms with Gasteiger partial charge in [-0.05, 0) is 36.4 Å². The Labute approximate surface area is 93.4 Å². The van der Waals surface area contributed by atoms with Crippen molar-refractivity contribution in [3.63, 3.8) is 0 Å². The third-order valence-corrected chi connectivity index (χ3v) is 3.48. The van der Waals surface area contributed by atoms with Crippen LogP contribution in [-0.2, 0) is 0 Å². The van der Waals surface area contributed by atoms with Gasteiger partial charge in [0.25, 0.3) is 0 Å². The van der Waals surface area contributed by atoms with Gasteiger partial charge in [0.2, 0.25) is 0 Å². The number of thiophene rings is 1. The van der Waals surface area contributed by atoms with Crippen molar-refractivity contribution in [2.24, 2.45) is 0 Å². The third-order valence-electron chi connectivity index (χ3n) is 2.42. The van der Waals surface area contributed by atoms with Gasteiger partial charge < -0.3 is 0 Å². The van der Waals surface area contributed by atoms with E-state index in [-0.39, 0.29) is 5.78 Å². The number of aryl methyl sites for hydroxylation is 1. The molecule has 2 rings (SSSR count). The van der Waals surface area contributed by atoms with Crippen molar-refractivity contribution in [1.29, 1.82) is 0 Å². The van der Waals surface area contributed by atoms with Crippen LogP contribution in [0.4, 0.5) is 0 Å². The van der Waals surface area contributed by atoms with Gasteiger partial charge in [-0.2, -0.15) is 0 Å². The summed E-state index contributed by atoms with van der Waals surface area (Å²) in [5, 5.41) is 2.09. The number of hydrogen-bond donors (Lipinski definition) is 0. The Morgan fingerprint density at radius 2 is 1.80 bits per heavy atom. The fourth-order valence-corrected chi connectivity index (χ4v) is 2.46. The van der Waals surface area contributed by atoms with Gasteiger partial charge in [-0.1, -0.05) is 24.3 Å². The summed E-state index contributed by atoms with van der Waals surface area (Å²) >= 11 is 1.73. The molecular formula is C13H12OS. The number of carbonyl (C=O) groups excluding carboxylic acids is 1. The summed E-state index contributed by atoms with van der Waals surface area (Å²) in [4.78, 5) is 12.4. The molecule has 0 aliphatic rings. The Kier molecular flexibility index (Phi) is 2.69. The molecule has 0 amide bonds. The Balaban J connectivity index is 2.40. The van der Waals surface area contributed by atoms with Crippen LogP contribution in [-0.4, -0.2) is 5.78 Å². The summed E-state index contributed by atoms with van der Waals surface area (Å²) in [7, 11) is 0. The minimum absolute atomic E-state index is 0.115. The van der Waals surface area contributed by atoms with Crippen molar-refractivity contribution < 1.29 is 4.79 Å². The van der Waals surface area contributed by atoms with Gasteiger partial charge in [-0.15, -0.1) is 11.3 Å². The number of ketones is 1. The van der Waals surface area contributed by atoms with Crippen LogP contribution in [0.2, 0.25) is 0 Å². The molecule has 0 fully saturated rings. The van der Waals surface area contributed by atoms with E-state index in [0.29, 0.717) is 0 Å². The fourth-order valence-electron chi connectivity index (χ4n) is 1.52.